The molecule has 1 fully saturated rings. The highest BCUT2D eigenvalue weighted by Crippen LogP contribution is 2.49. The van der Waals surface area contributed by atoms with Gasteiger partial charge in [-0.15, -0.1) is 0 Å². The minimum absolute atomic E-state index is 0.132. The molecular formula is C23H28O9. The standard InChI is InChI=1S/C23H28O9/c1-11(2)21(26)30-17-8-12(3)7-15(29-14(5)25)9-23(6)20(32-23)19-18(17)16(22(27)31-19)10-28-13(4)24/h7,15,17,19-20H,1,8-10H2,2-6H3/b12-7-/t15-,17-,19+,20-,23-/m1/s1. The van der Waals surface area contributed by atoms with E-state index in [1.807, 2.05) is 13.8 Å². The maximum atomic E-state index is 12.7. The number of ether oxygens (including phenoxy) is 5. The van der Waals surface area contributed by atoms with E-state index in [1.165, 1.54) is 20.8 Å². The Morgan fingerprint density at radius 1 is 1.19 bits per heavy atom. The molecule has 32 heavy (non-hydrogen) atoms. The molecule has 0 spiro atoms. The van der Waals surface area contributed by atoms with Crippen molar-refractivity contribution in [3.63, 3.8) is 0 Å². The summed E-state index contributed by atoms with van der Waals surface area (Å²) in [5.74, 6) is -2.28. The van der Waals surface area contributed by atoms with Crippen molar-refractivity contribution in [2.75, 3.05) is 6.61 Å². The predicted molar refractivity (Wildman–Crippen MR) is 110 cm³/mol. The summed E-state index contributed by atoms with van der Waals surface area (Å²) in [5, 5.41) is 0. The number of esters is 4. The van der Waals surface area contributed by atoms with E-state index in [4.69, 9.17) is 23.7 Å². The highest BCUT2D eigenvalue weighted by Gasteiger charge is 2.62. The fraction of sp³-hybridized carbons (Fsp3) is 0.565. The molecule has 3 rings (SSSR count). The van der Waals surface area contributed by atoms with E-state index < -0.39 is 53.9 Å². The van der Waals surface area contributed by atoms with Crippen LogP contribution >= 0.6 is 0 Å². The maximum absolute atomic E-state index is 12.7. The molecule has 1 saturated heterocycles. The minimum Gasteiger partial charge on any atom is -0.461 e. The summed E-state index contributed by atoms with van der Waals surface area (Å²) >= 11 is 0. The lowest BCUT2D eigenvalue weighted by molar-refractivity contribution is -0.145. The van der Waals surface area contributed by atoms with Crippen LogP contribution in [0.25, 0.3) is 0 Å². The molecule has 2 heterocycles. The number of carbonyl (C=O) groups excluding carboxylic acids is 4. The zero-order chi connectivity index (χ0) is 23.8. The molecule has 9 heteroatoms. The Hall–Kier alpha value is -2.94. The van der Waals surface area contributed by atoms with Crippen LogP contribution in [0.1, 0.15) is 47.5 Å². The topological polar surface area (TPSA) is 118 Å². The molecule has 5 atom stereocenters. The summed E-state index contributed by atoms with van der Waals surface area (Å²) in [6.07, 6.45) is -0.434. The van der Waals surface area contributed by atoms with Gasteiger partial charge in [-0.25, -0.2) is 9.59 Å². The molecule has 0 aromatic rings. The molecule has 0 aromatic heterocycles. The van der Waals surface area contributed by atoms with Crippen molar-refractivity contribution in [1.82, 2.24) is 0 Å². The van der Waals surface area contributed by atoms with Gasteiger partial charge < -0.3 is 23.7 Å². The SMILES string of the molecule is C=C(C)C(=O)O[C@@H]1C/C(C)=C\[C@@H](OC(C)=O)C[C@@]2(C)O[C@@H]2[C@H]2OC(=O)C(COC(C)=O)=C12. The molecule has 0 N–H and O–H groups in total. The fourth-order valence-electron chi connectivity index (χ4n) is 4.13. The quantitative estimate of drug-likeness (QED) is 0.205. The smallest absolute Gasteiger partial charge is 0.338 e. The molecule has 1 aliphatic carbocycles. The van der Waals surface area contributed by atoms with Crippen molar-refractivity contribution >= 4 is 23.9 Å². The molecule has 0 amide bonds. The Labute approximate surface area is 186 Å². The van der Waals surface area contributed by atoms with Crippen LogP contribution in [0.5, 0.6) is 0 Å². The van der Waals surface area contributed by atoms with Gasteiger partial charge in [0.1, 0.15) is 30.5 Å². The van der Waals surface area contributed by atoms with Gasteiger partial charge in [-0.1, -0.05) is 12.2 Å². The number of epoxide rings is 1. The van der Waals surface area contributed by atoms with Gasteiger partial charge in [0.15, 0.2) is 6.10 Å². The Kier molecular flexibility index (Phi) is 6.59. The van der Waals surface area contributed by atoms with E-state index in [1.54, 1.807) is 6.08 Å². The molecule has 9 nitrogen and oxygen atoms in total. The van der Waals surface area contributed by atoms with Crippen LogP contribution in [-0.2, 0) is 42.9 Å². The highest BCUT2D eigenvalue weighted by atomic mass is 16.7. The summed E-state index contributed by atoms with van der Waals surface area (Å²) in [6.45, 7) is 11.0. The first-order valence-electron chi connectivity index (χ1n) is 10.4. The van der Waals surface area contributed by atoms with Gasteiger partial charge in [-0.2, -0.15) is 0 Å². The third-order valence-corrected chi connectivity index (χ3v) is 5.62. The van der Waals surface area contributed by atoms with Crippen molar-refractivity contribution in [2.45, 2.75) is 77.5 Å². The molecule has 174 valence electrons. The summed E-state index contributed by atoms with van der Waals surface area (Å²) in [6, 6.07) is 0. The first-order valence-corrected chi connectivity index (χ1v) is 10.4. The first kappa shape index (κ1) is 23.7. The third kappa shape index (κ3) is 5.09. The van der Waals surface area contributed by atoms with E-state index in [0.29, 0.717) is 12.0 Å². The molecule has 0 saturated carbocycles. The van der Waals surface area contributed by atoms with Gasteiger partial charge in [0, 0.05) is 37.8 Å². The summed E-state index contributed by atoms with van der Waals surface area (Å²) in [7, 11) is 0. The van der Waals surface area contributed by atoms with Crippen molar-refractivity contribution in [1.29, 1.82) is 0 Å². The number of hydrogen-bond donors (Lipinski definition) is 0. The Morgan fingerprint density at radius 3 is 2.47 bits per heavy atom. The summed E-state index contributed by atoms with van der Waals surface area (Å²) < 4.78 is 27.7. The monoisotopic (exact) mass is 448 g/mol. The number of hydrogen-bond acceptors (Lipinski definition) is 9. The summed E-state index contributed by atoms with van der Waals surface area (Å²) in [5.41, 5.74) is 0.782. The van der Waals surface area contributed by atoms with Crippen LogP contribution in [0.3, 0.4) is 0 Å². The van der Waals surface area contributed by atoms with Crippen LogP contribution in [0.15, 0.2) is 34.9 Å². The van der Waals surface area contributed by atoms with Crippen LogP contribution in [0.2, 0.25) is 0 Å². The normalized spacial score (nSPS) is 33.0. The average molecular weight is 448 g/mol. The maximum Gasteiger partial charge on any atom is 0.338 e. The van der Waals surface area contributed by atoms with Crippen molar-refractivity contribution in [2.24, 2.45) is 0 Å². The van der Waals surface area contributed by atoms with Crippen LogP contribution in [0.4, 0.5) is 0 Å². The number of rotatable bonds is 5. The minimum atomic E-state index is -0.887. The van der Waals surface area contributed by atoms with Crippen LogP contribution in [-0.4, -0.2) is 60.5 Å². The van der Waals surface area contributed by atoms with E-state index in [0.717, 1.165) is 5.57 Å². The molecule has 3 aliphatic rings. The zero-order valence-electron chi connectivity index (χ0n) is 18.9. The van der Waals surface area contributed by atoms with Crippen molar-refractivity contribution in [3.05, 3.63) is 34.9 Å². The number of carbonyl (C=O) groups is 4. The molecule has 2 aliphatic heterocycles. The van der Waals surface area contributed by atoms with E-state index in [9.17, 15) is 19.2 Å². The average Bonchev–Trinajstić information content (AvgIpc) is 3.19. The largest absolute Gasteiger partial charge is 0.461 e. The fourth-order valence-corrected chi connectivity index (χ4v) is 4.13. The molecule has 0 aromatic carbocycles. The van der Waals surface area contributed by atoms with E-state index >= 15 is 0 Å². The second kappa shape index (κ2) is 8.90. The molecule has 0 unspecified atom stereocenters. The molecule has 0 bridgehead atoms. The van der Waals surface area contributed by atoms with Crippen LogP contribution < -0.4 is 0 Å². The first-order chi connectivity index (χ1) is 14.9. The van der Waals surface area contributed by atoms with E-state index in [-0.39, 0.29) is 24.2 Å². The van der Waals surface area contributed by atoms with Gasteiger partial charge in [0.25, 0.3) is 0 Å². The molecule has 0 radical (unpaired) electrons. The van der Waals surface area contributed by atoms with Crippen molar-refractivity contribution in [3.8, 4) is 0 Å². The highest BCUT2D eigenvalue weighted by molar-refractivity contribution is 5.94. The Bertz CT molecular complexity index is 928. The van der Waals surface area contributed by atoms with Gasteiger partial charge in [0.05, 0.1) is 5.57 Å². The Balaban J connectivity index is 2.07. The predicted octanol–water partition coefficient (Wildman–Crippen LogP) is 2.09. The van der Waals surface area contributed by atoms with Gasteiger partial charge >= 0.3 is 23.9 Å². The second-order valence-electron chi connectivity index (χ2n) is 8.63. The van der Waals surface area contributed by atoms with Gasteiger partial charge in [-0.05, 0) is 26.8 Å². The lowest BCUT2D eigenvalue weighted by Gasteiger charge is -2.26. The van der Waals surface area contributed by atoms with Gasteiger partial charge in [0.2, 0.25) is 0 Å². The lowest BCUT2D eigenvalue weighted by Crippen LogP contribution is -2.35. The van der Waals surface area contributed by atoms with Gasteiger partial charge in [-0.3, -0.25) is 9.59 Å². The second-order valence-corrected chi connectivity index (χ2v) is 8.63. The zero-order valence-corrected chi connectivity index (χ0v) is 18.9. The Morgan fingerprint density at radius 2 is 1.88 bits per heavy atom. The van der Waals surface area contributed by atoms with E-state index in [2.05, 4.69) is 6.58 Å². The van der Waals surface area contributed by atoms with Crippen LogP contribution in [0, 0.1) is 0 Å². The summed E-state index contributed by atoms with van der Waals surface area (Å²) in [4.78, 5) is 48.1. The molecular weight excluding hydrogens is 420 g/mol. The van der Waals surface area contributed by atoms with Crippen molar-refractivity contribution < 1.29 is 42.9 Å². The lowest BCUT2D eigenvalue weighted by atomic mass is 9.86. The third-order valence-electron chi connectivity index (χ3n) is 5.62. The number of fused-ring (bicyclic) bond motifs is 3.